The van der Waals surface area contributed by atoms with E-state index in [4.69, 9.17) is 27.7 Å². The third-order valence-corrected chi connectivity index (χ3v) is 7.83. The minimum Gasteiger partial charge on any atom is -0.320 e. The van der Waals surface area contributed by atoms with Gasteiger partial charge in [0.05, 0.1) is 28.0 Å². The minimum atomic E-state index is -4.40. The summed E-state index contributed by atoms with van der Waals surface area (Å²) in [4.78, 5) is 15.4. The molecule has 0 saturated heterocycles. The molecule has 0 aliphatic heterocycles. The van der Waals surface area contributed by atoms with Crippen LogP contribution in [0.15, 0.2) is 36.4 Å². The molecule has 176 valence electrons. The third kappa shape index (κ3) is 4.75. The highest BCUT2D eigenvalue weighted by Crippen LogP contribution is 2.46. The van der Waals surface area contributed by atoms with E-state index in [1.54, 1.807) is 13.0 Å². The Balaban J connectivity index is 2.10. The molecule has 1 fully saturated rings. The minimum absolute atomic E-state index is 0.0332. The van der Waals surface area contributed by atoms with Gasteiger partial charge in [-0.05, 0) is 50.1 Å². The van der Waals surface area contributed by atoms with Gasteiger partial charge in [-0.3, -0.25) is 9.13 Å². The molecule has 1 aliphatic rings. The van der Waals surface area contributed by atoms with Gasteiger partial charge in [0.25, 0.3) is 0 Å². The van der Waals surface area contributed by atoms with Gasteiger partial charge in [0.15, 0.2) is 11.3 Å². The summed E-state index contributed by atoms with van der Waals surface area (Å²) in [7, 11) is -4.40. The molecule has 0 bridgehead atoms. The van der Waals surface area contributed by atoms with Crippen LogP contribution in [0.25, 0.3) is 16.9 Å². The Morgan fingerprint density at radius 3 is 2.55 bits per heavy atom. The van der Waals surface area contributed by atoms with Crippen molar-refractivity contribution < 1.29 is 22.8 Å². The normalized spacial score (nSPS) is 16.7. The second kappa shape index (κ2) is 9.85. The third-order valence-electron chi connectivity index (χ3n) is 5.79. The van der Waals surface area contributed by atoms with E-state index in [9.17, 15) is 13.8 Å². The monoisotopic (exact) mass is 514 g/mol. The molecular weight excluding hydrogens is 492 g/mol. The fraction of sp³-hybridized carbons (Fsp3) is 0.348. The highest BCUT2D eigenvalue weighted by molar-refractivity contribution is 7.61. The fourth-order valence-corrected chi connectivity index (χ4v) is 5.85. The molecule has 1 aliphatic carbocycles. The van der Waals surface area contributed by atoms with Gasteiger partial charge in [0, 0.05) is 11.5 Å². The van der Waals surface area contributed by atoms with Crippen LogP contribution in [-0.4, -0.2) is 21.1 Å². The van der Waals surface area contributed by atoms with Crippen LogP contribution in [0.1, 0.15) is 50.8 Å². The smallest absolute Gasteiger partial charge is 0.320 e. The number of halogens is 4. The lowest BCUT2D eigenvalue weighted by Gasteiger charge is -2.23. The first kappa shape index (κ1) is 24.4. The second-order valence-electron chi connectivity index (χ2n) is 7.95. The van der Waals surface area contributed by atoms with Crippen LogP contribution in [0.5, 0.6) is 0 Å². The lowest BCUT2D eigenvalue weighted by atomic mass is 9.88. The number of rotatable bonds is 6. The average molecular weight is 515 g/mol. The Bertz CT molecular complexity index is 1230. The van der Waals surface area contributed by atoms with E-state index in [0.717, 1.165) is 38.2 Å². The Hall–Kier alpha value is -1.76. The predicted octanol–water partition coefficient (Wildman–Crippen LogP) is 7.02. The zero-order chi connectivity index (χ0) is 23.8. The van der Waals surface area contributed by atoms with Gasteiger partial charge in [0.2, 0.25) is 0 Å². The lowest BCUT2D eigenvalue weighted by Crippen LogP contribution is -2.13. The van der Waals surface area contributed by atoms with Crippen molar-refractivity contribution in [2.75, 3.05) is 6.61 Å². The molecule has 2 aromatic carbocycles. The molecule has 1 aromatic heterocycles. The highest BCUT2D eigenvalue weighted by Gasteiger charge is 2.36. The molecule has 0 radical (unpaired) electrons. The van der Waals surface area contributed by atoms with Gasteiger partial charge in [-0.2, -0.15) is 0 Å². The maximum absolute atomic E-state index is 15.3. The maximum Gasteiger partial charge on any atom is 0.379 e. The van der Waals surface area contributed by atoms with Gasteiger partial charge in [-0.25, -0.2) is 13.8 Å². The first-order chi connectivity index (χ1) is 15.7. The van der Waals surface area contributed by atoms with Crippen molar-refractivity contribution in [3.63, 3.8) is 0 Å². The van der Waals surface area contributed by atoms with E-state index in [2.05, 4.69) is 4.98 Å². The maximum atomic E-state index is 15.3. The Kier molecular flexibility index (Phi) is 7.27. The summed E-state index contributed by atoms with van der Waals surface area (Å²) >= 11 is 12.1. The Morgan fingerprint density at radius 2 is 1.88 bits per heavy atom. The molecule has 3 aromatic rings. The van der Waals surface area contributed by atoms with E-state index < -0.39 is 19.2 Å². The summed E-state index contributed by atoms with van der Waals surface area (Å²) in [6, 6.07) is 8.43. The molecule has 1 N–H and O–H groups in total. The summed E-state index contributed by atoms with van der Waals surface area (Å²) in [6.45, 7) is 1.56. The summed E-state index contributed by atoms with van der Waals surface area (Å²) in [5, 5.41) is -0.279. The average Bonchev–Trinajstić information content (AvgIpc) is 3.19. The van der Waals surface area contributed by atoms with E-state index in [0.29, 0.717) is 11.4 Å². The number of benzene rings is 2. The summed E-state index contributed by atoms with van der Waals surface area (Å²) < 4.78 is 49.2. The zero-order valence-electron chi connectivity index (χ0n) is 17.9. The Labute approximate surface area is 200 Å². The van der Waals surface area contributed by atoms with Crippen LogP contribution < -0.4 is 5.44 Å². The topological polar surface area (TPSA) is 64.3 Å². The predicted molar refractivity (Wildman–Crippen MR) is 126 cm³/mol. The van der Waals surface area contributed by atoms with Crippen molar-refractivity contribution in [1.82, 2.24) is 9.55 Å². The standard InChI is InChI=1S/C23H23Cl2F2N2O3P/c1-2-32-33(30,31)23-21(15-11-12-18(26)17(25)13-15)29(19-10-6-9-16(24)20(19)27)22(28-23)14-7-4-3-5-8-14/h6,9-14H,2-5,7-8H2,1H3,(H,30,31). The highest BCUT2D eigenvalue weighted by atomic mass is 35.5. The number of imidazole rings is 1. The van der Waals surface area contributed by atoms with Gasteiger partial charge < -0.3 is 9.42 Å². The van der Waals surface area contributed by atoms with E-state index >= 15 is 4.39 Å². The van der Waals surface area contributed by atoms with Crippen LogP contribution in [0, 0.1) is 11.6 Å². The molecular formula is C23H23Cl2F2N2O3P. The van der Waals surface area contributed by atoms with Crippen molar-refractivity contribution >= 4 is 36.2 Å². The molecule has 1 heterocycles. The molecule has 1 unspecified atom stereocenters. The van der Waals surface area contributed by atoms with Gasteiger partial charge in [-0.15, -0.1) is 0 Å². The molecule has 1 saturated carbocycles. The van der Waals surface area contributed by atoms with Crippen LogP contribution >= 0.6 is 30.8 Å². The molecule has 5 nitrogen and oxygen atoms in total. The summed E-state index contributed by atoms with van der Waals surface area (Å²) in [5.41, 5.74) is 0.276. The SMILES string of the molecule is CCOP(=O)(O)c1nc(C2CCCCC2)n(-c2cccc(Cl)c2F)c1-c1ccc(F)c(Cl)c1. The molecule has 0 spiro atoms. The number of hydrogen-bond acceptors (Lipinski definition) is 3. The van der Waals surface area contributed by atoms with Crippen LogP contribution in [0.3, 0.4) is 0 Å². The largest absolute Gasteiger partial charge is 0.379 e. The molecule has 0 amide bonds. The first-order valence-electron chi connectivity index (χ1n) is 10.7. The number of aromatic nitrogens is 2. The van der Waals surface area contributed by atoms with E-state index in [1.165, 1.54) is 28.8 Å². The first-order valence-corrected chi connectivity index (χ1v) is 13.1. The number of hydrogen-bond donors (Lipinski definition) is 1. The van der Waals surface area contributed by atoms with Crippen LogP contribution in [0.2, 0.25) is 10.0 Å². The van der Waals surface area contributed by atoms with Crippen molar-refractivity contribution in [1.29, 1.82) is 0 Å². The van der Waals surface area contributed by atoms with Gasteiger partial charge in [0.1, 0.15) is 11.6 Å². The number of nitrogens with zero attached hydrogens (tertiary/aromatic N) is 2. The quantitative estimate of drug-likeness (QED) is 0.359. The molecule has 4 rings (SSSR count). The van der Waals surface area contributed by atoms with E-state index in [-0.39, 0.29) is 39.4 Å². The van der Waals surface area contributed by atoms with Crippen molar-refractivity contribution in [3.05, 3.63) is 63.9 Å². The van der Waals surface area contributed by atoms with Crippen molar-refractivity contribution in [2.45, 2.75) is 44.9 Å². The molecule has 10 heteroatoms. The Morgan fingerprint density at radius 1 is 1.15 bits per heavy atom. The second-order valence-corrected chi connectivity index (χ2v) is 10.5. The molecule has 1 atom stereocenters. The van der Waals surface area contributed by atoms with E-state index in [1.807, 2.05) is 0 Å². The van der Waals surface area contributed by atoms with Crippen LogP contribution in [0.4, 0.5) is 8.78 Å². The van der Waals surface area contributed by atoms with Crippen LogP contribution in [-0.2, 0) is 9.09 Å². The van der Waals surface area contributed by atoms with Crippen molar-refractivity contribution in [2.24, 2.45) is 0 Å². The summed E-state index contributed by atoms with van der Waals surface area (Å²) in [5.74, 6) is -0.970. The molecule has 33 heavy (non-hydrogen) atoms. The van der Waals surface area contributed by atoms with Gasteiger partial charge >= 0.3 is 7.60 Å². The lowest BCUT2D eigenvalue weighted by molar-refractivity contribution is 0.283. The van der Waals surface area contributed by atoms with Gasteiger partial charge in [-0.1, -0.05) is 48.5 Å². The van der Waals surface area contributed by atoms with Crippen molar-refractivity contribution in [3.8, 4) is 16.9 Å². The fourth-order valence-electron chi connectivity index (χ4n) is 4.30. The summed E-state index contributed by atoms with van der Waals surface area (Å²) in [6.07, 6.45) is 4.60. The zero-order valence-corrected chi connectivity index (χ0v) is 20.3.